The van der Waals surface area contributed by atoms with Crippen molar-refractivity contribution in [2.75, 3.05) is 11.9 Å². The fraction of sp³-hybridized carbons (Fsp3) is 0.357. The van der Waals surface area contributed by atoms with Gasteiger partial charge in [0.2, 0.25) is 5.91 Å². The molecule has 1 aliphatic heterocycles. The zero-order valence-corrected chi connectivity index (χ0v) is 20.1. The molecule has 3 aromatic rings. The molecule has 1 saturated carbocycles. The van der Waals surface area contributed by atoms with Crippen molar-refractivity contribution in [3.8, 4) is 16.9 Å². The predicted octanol–water partition coefficient (Wildman–Crippen LogP) is 4.22. The lowest BCUT2D eigenvalue weighted by atomic mass is 9.90. The Hall–Kier alpha value is -3.94. The zero-order valence-electron chi connectivity index (χ0n) is 20.1. The number of rotatable bonds is 5. The smallest absolute Gasteiger partial charge is 0.323 e. The van der Waals surface area contributed by atoms with Crippen LogP contribution >= 0.6 is 0 Å². The van der Waals surface area contributed by atoms with Crippen LogP contribution in [0.1, 0.15) is 49.7 Å². The van der Waals surface area contributed by atoms with Crippen molar-refractivity contribution in [2.45, 2.75) is 56.9 Å². The van der Waals surface area contributed by atoms with Crippen LogP contribution in [0.25, 0.3) is 16.9 Å². The molecule has 184 valence electrons. The molecule has 1 spiro atoms. The topological polar surface area (TPSA) is 96.3 Å². The van der Waals surface area contributed by atoms with Gasteiger partial charge in [-0.3, -0.25) is 14.5 Å². The van der Waals surface area contributed by atoms with Gasteiger partial charge in [0.25, 0.3) is 5.91 Å². The monoisotopic (exact) mass is 483 g/mol. The van der Waals surface area contributed by atoms with Crippen LogP contribution in [0.3, 0.4) is 0 Å². The molecule has 6 rings (SSSR count). The Bertz CT molecular complexity index is 1340. The molecule has 36 heavy (non-hydrogen) atoms. The average Bonchev–Trinajstić information content (AvgIpc) is 3.60. The number of carbonyl (C=O) groups excluding carboxylic acids is 3. The summed E-state index contributed by atoms with van der Waals surface area (Å²) < 4.78 is 1.69. The van der Waals surface area contributed by atoms with Gasteiger partial charge in [-0.25, -0.2) is 9.48 Å². The summed E-state index contributed by atoms with van der Waals surface area (Å²) in [4.78, 5) is 39.6. The third kappa shape index (κ3) is 3.96. The van der Waals surface area contributed by atoms with Crippen LogP contribution in [0.5, 0.6) is 0 Å². The fourth-order valence-electron chi connectivity index (χ4n) is 5.73. The van der Waals surface area contributed by atoms with Crippen LogP contribution < -0.4 is 10.6 Å². The molecule has 1 aromatic heterocycles. The maximum atomic E-state index is 13.1. The van der Waals surface area contributed by atoms with Gasteiger partial charge in [-0.05, 0) is 67.9 Å². The SMILES string of the molecule is O=C(CN1C(=O)NC2(CCCC2)C1=O)Nc1cc(-c2ccc3c(c2)CCCC3)nn1-c1ccccc1. The van der Waals surface area contributed by atoms with Gasteiger partial charge in [-0.1, -0.05) is 43.2 Å². The van der Waals surface area contributed by atoms with Gasteiger partial charge >= 0.3 is 6.03 Å². The van der Waals surface area contributed by atoms with Crippen LogP contribution in [0.15, 0.2) is 54.6 Å². The Kier molecular flexibility index (Phi) is 5.59. The first-order chi connectivity index (χ1) is 17.5. The second-order valence-corrected chi connectivity index (χ2v) is 10.0. The molecular weight excluding hydrogens is 454 g/mol. The van der Waals surface area contributed by atoms with Gasteiger partial charge < -0.3 is 10.6 Å². The lowest BCUT2D eigenvalue weighted by Gasteiger charge is -2.19. The number of carbonyl (C=O) groups is 3. The summed E-state index contributed by atoms with van der Waals surface area (Å²) in [5.74, 6) is -0.254. The fourth-order valence-corrected chi connectivity index (χ4v) is 5.73. The Morgan fingerprint density at radius 2 is 1.69 bits per heavy atom. The van der Waals surface area contributed by atoms with E-state index < -0.39 is 17.5 Å². The summed E-state index contributed by atoms with van der Waals surface area (Å²) in [6.45, 7) is -0.333. The molecule has 8 nitrogen and oxygen atoms in total. The average molecular weight is 484 g/mol. The summed E-state index contributed by atoms with van der Waals surface area (Å²) in [5, 5.41) is 10.5. The van der Waals surface area contributed by atoms with E-state index in [2.05, 4.69) is 28.8 Å². The highest BCUT2D eigenvalue weighted by Gasteiger charge is 2.52. The number of para-hydroxylation sites is 1. The number of aryl methyl sites for hydroxylation is 2. The number of fused-ring (bicyclic) bond motifs is 1. The Labute approximate surface area is 209 Å². The third-order valence-corrected chi connectivity index (χ3v) is 7.63. The van der Waals surface area contributed by atoms with Gasteiger partial charge in [0, 0.05) is 11.6 Å². The molecule has 8 heteroatoms. The van der Waals surface area contributed by atoms with E-state index in [1.54, 1.807) is 4.68 Å². The third-order valence-electron chi connectivity index (χ3n) is 7.63. The number of hydrogen-bond donors (Lipinski definition) is 2. The number of nitrogens with one attached hydrogen (secondary N) is 2. The maximum Gasteiger partial charge on any atom is 0.325 e. The lowest BCUT2D eigenvalue weighted by molar-refractivity contribution is -0.133. The van der Waals surface area contributed by atoms with E-state index in [4.69, 9.17) is 5.10 Å². The van der Waals surface area contributed by atoms with Gasteiger partial charge in [-0.2, -0.15) is 5.10 Å². The first kappa shape index (κ1) is 22.5. The van der Waals surface area contributed by atoms with Crippen LogP contribution in [-0.2, 0) is 22.4 Å². The van der Waals surface area contributed by atoms with Crippen molar-refractivity contribution in [1.82, 2.24) is 20.0 Å². The highest BCUT2D eigenvalue weighted by molar-refractivity contribution is 6.10. The highest BCUT2D eigenvalue weighted by atomic mass is 16.2. The van der Waals surface area contributed by atoms with Crippen LogP contribution in [-0.4, -0.2) is 44.6 Å². The van der Waals surface area contributed by atoms with Crippen LogP contribution in [0, 0.1) is 0 Å². The van der Waals surface area contributed by atoms with Crippen molar-refractivity contribution in [2.24, 2.45) is 0 Å². The predicted molar refractivity (Wildman–Crippen MR) is 136 cm³/mol. The van der Waals surface area contributed by atoms with Crippen molar-refractivity contribution in [1.29, 1.82) is 0 Å². The number of urea groups is 1. The largest absolute Gasteiger partial charge is 0.325 e. The molecule has 0 unspecified atom stereocenters. The normalized spacial score (nSPS) is 18.4. The minimum atomic E-state index is -0.831. The summed E-state index contributed by atoms with van der Waals surface area (Å²) in [5.41, 5.74) is 4.48. The molecule has 0 atom stereocenters. The van der Waals surface area contributed by atoms with Crippen LogP contribution in [0.4, 0.5) is 10.6 Å². The van der Waals surface area contributed by atoms with Gasteiger partial charge in [0.1, 0.15) is 17.9 Å². The van der Waals surface area contributed by atoms with E-state index in [9.17, 15) is 14.4 Å². The van der Waals surface area contributed by atoms with Crippen molar-refractivity contribution in [3.63, 3.8) is 0 Å². The van der Waals surface area contributed by atoms with Gasteiger partial charge in [0.15, 0.2) is 0 Å². The summed E-state index contributed by atoms with van der Waals surface area (Å²) in [6, 6.07) is 17.4. The molecule has 3 aliphatic rings. The molecule has 4 amide bonds. The number of amides is 4. The van der Waals surface area contributed by atoms with E-state index in [1.165, 1.54) is 24.0 Å². The number of imide groups is 1. The van der Waals surface area contributed by atoms with Crippen molar-refractivity contribution in [3.05, 3.63) is 65.7 Å². The number of aromatic nitrogens is 2. The molecule has 2 aromatic carbocycles. The van der Waals surface area contributed by atoms with E-state index in [-0.39, 0.29) is 12.5 Å². The molecule has 2 fully saturated rings. The lowest BCUT2D eigenvalue weighted by Crippen LogP contribution is -2.44. The van der Waals surface area contributed by atoms with E-state index in [0.717, 1.165) is 47.5 Å². The summed E-state index contributed by atoms with van der Waals surface area (Å²) in [6.07, 6.45) is 7.64. The second-order valence-electron chi connectivity index (χ2n) is 10.0. The molecule has 2 N–H and O–H groups in total. The first-order valence-corrected chi connectivity index (χ1v) is 12.7. The zero-order chi connectivity index (χ0) is 24.7. The molecule has 2 heterocycles. The highest BCUT2D eigenvalue weighted by Crippen LogP contribution is 2.35. The molecule has 2 aliphatic carbocycles. The van der Waals surface area contributed by atoms with Crippen molar-refractivity contribution >= 4 is 23.7 Å². The van der Waals surface area contributed by atoms with E-state index >= 15 is 0 Å². The number of benzene rings is 2. The molecule has 1 saturated heterocycles. The quantitative estimate of drug-likeness (QED) is 0.531. The number of anilines is 1. The second kappa shape index (κ2) is 8.93. The minimum absolute atomic E-state index is 0.300. The molecule has 0 bridgehead atoms. The Morgan fingerprint density at radius 1 is 0.944 bits per heavy atom. The first-order valence-electron chi connectivity index (χ1n) is 12.7. The Balaban J connectivity index is 1.27. The minimum Gasteiger partial charge on any atom is -0.323 e. The van der Waals surface area contributed by atoms with Gasteiger partial charge in [0.05, 0.1) is 11.4 Å². The van der Waals surface area contributed by atoms with Crippen LogP contribution in [0.2, 0.25) is 0 Å². The van der Waals surface area contributed by atoms with E-state index in [1.807, 2.05) is 36.4 Å². The maximum absolute atomic E-state index is 13.1. The van der Waals surface area contributed by atoms with Gasteiger partial charge in [-0.15, -0.1) is 0 Å². The van der Waals surface area contributed by atoms with Crippen molar-refractivity contribution < 1.29 is 14.4 Å². The number of nitrogens with zero attached hydrogens (tertiary/aromatic N) is 3. The number of hydrogen-bond acceptors (Lipinski definition) is 4. The standard InChI is InChI=1S/C28H29N5O3/c34-25(18-32-26(35)28(30-27(32)36)14-6-7-15-28)29-24-17-23(31-33(24)22-10-2-1-3-11-22)21-13-12-19-8-4-5-9-20(19)16-21/h1-3,10-13,16-17H,4-9,14-15,18H2,(H,29,34)(H,30,36). The molecular formula is C28H29N5O3. The summed E-state index contributed by atoms with van der Waals surface area (Å²) >= 11 is 0. The van der Waals surface area contributed by atoms with E-state index in [0.29, 0.717) is 18.7 Å². The molecule has 0 radical (unpaired) electrons. The summed E-state index contributed by atoms with van der Waals surface area (Å²) in [7, 11) is 0. The Morgan fingerprint density at radius 3 is 2.47 bits per heavy atom.